The topological polar surface area (TPSA) is 87.2 Å². The van der Waals surface area contributed by atoms with Gasteiger partial charge in [0.05, 0.1) is 18.0 Å². The first-order valence-corrected chi connectivity index (χ1v) is 12.5. The van der Waals surface area contributed by atoms with Gasteiger partial charge in [0.25, 0.3) is 0 Å². The number of ether oxygens (including phenoxy) is 1. The molecule has 0 spiro atoms. The molecule has 1 heterocycles. The molecule has 2 aliphatic carbocycles. The number of aromatic nitrogens is 2. The molecule has 1 saturated carbocycles. The summed E-state index contributed by atoms with van der Waals surface area (Å²) in [7, 11) is 1.49. The standard InChI is InChI=1S/C26H29BrFN3O3/c1-25-9-4-10-26(2,23(33)34-3)20(25)8-6-16-17(25)12-18(27)22-21(16)30-24(31-22)29-13-14-11-15(28)5-7-19(14)32/h5,7,11-12,20,32H,4,6,8-10,13H2,1-3H3,(H2,29,30,31)/t20-,25-,26-/m1/s1. The number of nitrogens with one attached hydrogen (secondary N) is 2. The van der Waals surface area contributed by atoms with Crippen LogP contribution in [0, 0.1) is 17.2 Å². The highest BCUT2D eigenvalue weighted by Gasteiger charge is 2.56. The molecule has 2 aromatic carbocycles. The van der Waals surface area contributed by atoms with Crippen LogP contribution in [0.15, 0.2) is 28.7 Å². The summed E-state index contributed by atoms with van der Waals surface area (Å²) in [6.45, 7) is 4.59. The summed E-state index contributed by atoms with van der Waals surface area (Å²) in [5.74, 6) is 0.289. The lowest BCUT2D eigenvalue weighted by Crippen LogP contribution is -2.52. The fraction of sp³-hybridized carbons (Fsp3) is 0.462. The fourth-order valence-electron chi connectivity index (χ4n) is 6.51. The lowest BCUT2D eigenvalue weighted by molar-refractivity contribution is -0.161. The first-order valence-electron chi connectivity index (χ1n) is 11.7. The first-order chi connectivity index (χ1) is 16.2. The number of phenols is 1. The number of imidazole rings is 1. The highest BCUT2D eigenvalue weighted by Crippen LogP contribution is 2.58. The minimum Gasteiger partial charge on any atom is -0.508 e. The summed E-state index contributed by atoms with van der Waals surface area (Å²) in [5, 5.41) is 13.2. The third-order valence-electron chi connectivity index (χ3n) is 8.20. The van der Waals surface area contributed by atoms with E-state index in [-0.39, 0.29) is 29.6 Å². The van der Waals surface area contributed by atoms with Crippen LogP contribution in [0.25, 0.3) is 11.0 Å². The van der Waals surface area contributed by atoms with Crippen LogP contribution in [0.2, 0.25) is 0 Å². The maximum atomic E-state index is 13.6. The summed E-state index contributed by atoms with van der Waals surface area (Å²) in [5.41, 5.74) is 4.13. The molecule has 0 unspecified atom stereocenters. The molecule has 5 rings (SSSR count). The van der Waals surface area contributed by atoms with Crippen LogP contribution in [0.1, 0.15) is 56.2 Å². The third-order valence-corrected chi connectivity index (χ3v) is 8.80. The summed E-state index contributed by atoms with van der Waals surface area (Å²) >= 11 is 3.73. The van der Waals surface area contributed by atoms with E-state index in [1.165, 1.54) is 36.4 Å². The van der Waals surface area contributed by atoms with Crippen LogP contribution >= 0.6 is 15.9 Å². The summed E-state index contributed by atoms with van der Waals surface area (Å²) in [6, 6.07) is 6.07. The predicted molar refractivity (Wildman–Crippen MR) is 132 cm³/mol. The number of hydrogen-bond acceptors (Lipinski definition) is 5. The number of fused-ring (bicyclic) bond motifs is 5. The summed E-state index contributed by atoms with van der Waals surface area (Å²) in [6.07, 6.45) is 4.60. The first kappa shape index (κ1) is 23.1. The lowest BCUT2D eigenvalue weighted by atomic mass is 9.50. The number of rotatable bonds is 4. The molecule has 0 amide bonds. The minimum atomic E-state index is -0.492. The Morgan fingerprint density at radius 2 is 2.15 bits per heavy atom. The van der Waals surface area contributed by atoms with Crippen molar-refractivity contribution in [3.63, 3.8) is 0 Å². The molecule has 2 aliphatic rings. The molecule has 0 radical (unpaired) electrons. The Morgan fingerprint density at radius 1 is 1.35 bits per heavy atom. The molecule has 3 aromatic rings. The highest BCUT2D eigenvalue weighted by atomic mass is 79.9. The Balaban J connectivity index is 1.52. The van der Waals surface area contributed by atoms with Crippen LogP contribution < -0.4 is 5.32 Å². The van der Waals surface area contributed by atoms with Crippen molar-refractivity contribution >= 4 is 38.9 Å². The van der Waals surface area contributed by atoms with E-state index in [2.05, 4.69) is 46.1 Å². The number of aromatic hydroxyl groups is 1. The average Bonchev–Trinajstić information content (AvgIpc) is 3.25. The van der Waals surface area contributed by atoms with Crippen molar-refractivity contribution in [2.24, 2.45) is 11.3 Å². The van der Waals surface area contributed by atoms with E-state index in [0.717, 1.165) is 47.6 Å². The Bertz CT molecular complexity index is 1290. The number of esters is 1. The normalized spacial score (nSPS) is 26.1. The zero-order chi connectivity index (χ0) is 24.3. The van der Waals surface area contributed by atoms with Crippen molar-refractivity contribution < 1.29 is 19.0 Å². The second kappa shape index (κ2) is 8.26. The highest BCUT2D eigenvalue weighted by molar-refractivity contribution is 9.10. The molecule has 180 valence electrons. The molecule has 34 heavy (non-hydrogen) atoms. The largest absolute Gasteiger partial charge is 0.508 e. The van der Waals surface area contributed by atoms with Gasteiger partial charge in [-0.25, -0.2) is 9.37 Å². The maximum Gasteiger partial charge on any atom is 0.311 e. The number of benzene rings is 2. The molecule has 8 heteroatoms. The second-order valence-corrected chi connectivity index (χ2v) is 10.9. The van der Waals surface area contributed by atoms with Crippen molar-refractivity contribution in [3.8, 4) is 5.75 Å². The zero-order valence-electron chi connectivity index (χ0n) is 19.6. The van der Waals surface area contributed by atoms with Gasteiger partial charge < -0.3 is 20.1 Å². The van der Waals surface area contributed by atoms with Crippen molar-refractivity contribution in [2.45, 2.75) is 57.9 Å². The molecule has 0 bridgehead atoms. The number of halogens is 2. The minimum absolute atomic E-state index is 0.0356. The third kappa shape index (κ3) is 3.49. The van der Waals surface area contributed by atoms with Crippen LogP contribution in [-0.4, -0.2) is 28.2 Å². The average molecular weight is 530 g/mol. The molecular formula is C26H29BrFN3O3. The van der Waals surface area contributed by atoms with E-state index in [1.807, 2.05) is 0 Å². The Labute approximate surface area is 206 Å². The van der Waals surface area contributed by atoms with E-state index in [0.29, 0.717) is 11.5 Å². The number of methoxy groups -OCH3 is 1. The number of anilines is 1. The lowest BCUT2D eigenvalue weighted by Gasteiger charge is -2.54. The Kier molecular flexibility index (Phi) is 5.62. The van der Waals surface area contributed by atoms with Crippen LogP contribution in [0.5, 0.6) is 5.75 Å². The van der Waals surface area contributed by atoms with E-state index < -0.39 is 11.2 Å². The van der Waals surface area contributed by atoms with Gasteiger partial charge in [-0.3, -0.25) is 4.79 Å². The van der Waals surface area contributed by atoms with Gasteiger partial charge in [-0.15, -0.1) is 0 Å². The second-order valence-electron chi connectivity index (χ2n) is 10.1. The van der Waals surface area contributed by atoms with E-state index in [9.17, 15) is 14.3 Å². The number of hydrogen-bond donors (Lipinski definition) is 3. The zero-order valence-corrected chi connectivity index (χ0v) is 21.2. The number of phenolic OH excluding ortho intramolecular Hbond substituents is 1. The Hall–Kier alpha value is -2.61. The van der Waals surface area contributed by atoms with Crippen molar-refractivity contribution in [1.82, 2.24) is 9.97 Å². The molecule has 0 aliphatic heterocycles. The smallest absolute Gasteiger partial charge is 0.311 e. The van der Waals surface area contributed by atoms with E-state index in [1.54, 1.807) is 0 Å². The number of aryl methyl sites for hydroxylation is 1. The SMILES string of the molecule is COC(=O)[C@]1(C)CCC[C@]2(C)c3cc(Br)c4nc(NCc5cc(F)ccc5O)[nH]c4c3CC[C@@H]12. The number of H-pyrrole nitrogens is 1. The van der Waals surface area contributed by atoms with Gasteiger partial charge in [-0.1, -0.05) is 13.3 Å². The number of aromatic amines is 1. The fourth-order valence-corrected chi connectivity index (χ4v) is 7.02. The van der Waals surface area contributed by atoms with E-state index in [4.69, 9.17) is 9.72 Å². The summed E-state index contributed by atoms with van der Waals surface area (Å²) < 4.78 is 19.7. The molecule has 1 fully saturated rings. The Morgan fingerprint density at radius 3 is 2.91 bits per heavy atom. The van der Waals surface area contributed by atoms with Crippen LogP contribution in [-0.2, 0) is 27.9 Å². The molecule has 1 aromatic heterocycles. The van der Waals surface area contributed by atoms with Crippen molar-refractivity contribution in [3.05, 3.63) is 51.2 Å². The molecular weight excluding hydrogens is 501 g/mol. The molecule has 0 saturated heterocycles. The van der Waals surface area contributed by atoms with E-state index >= 15 is 0 Å². The number of carbonyl (C=O) groups is 1. The molecule has 3 N–H and O–H groups in total. The predicted octanol–water partition coefficient (Wildman–Crippen LogP) is 5.97. The molecule has 3 atom stereocenters. The molecule has 6 nitrogen and oxygen atoms in total. The van der Waals surface area contributed by atoms with Crippen molar-refractivity contribution in [2.75, 3.05) is 12.4 Å². The van der Waals surface area contributed by atoms with Gasteiger partial charge in [0.2, 0.25) is 5.95 Å². The monoisotopic (exact) mass is 529 g/mol. The summed E-state index contributed by atoms with van der Waals surface area (Å²) in [4.78, 5) is 21.0. The van der Waals surface area contributed by atoms with Gasteiger partial charge in [0, 0.05) is 16.6 Å². The van der Waals surface area contributed by atoms with Gasteiger partial charge >= 0.3 is 5.97 Å². The maximum absolute atomic E-state index is 13.6. The van der Waals surface area contributed by atoms with Gasteiger partial charge in [0.15, 0.2) is 0 Å². The number of carbonyl (C=O) groups excluding carboxylic acids is 1. The van der Waals surface area contributed by atoms with Gasteiger partial charge in [-0.05, 0) is 95.3 Å². The van der Waals surface area contributed by atoms with Crippen LogP contribution in [0.3, 0.4) is 0 Å². The van der Waals surface area contributed by atoms with Gasteiger partial charge in [0.1, 0.15) is 17.1 Å². The van der Waals surface area contributed by atoms with Gasteiger partial charge in [-0.2, -0.15) is 0 Å². The van der Waals surface area contributed by atoms with Crippen molar-refractivity contribution in [1.29, 1.82) is 0 Å². The quantitative estimate of drug-likeness (QED) is 0.362. The van der Waals surface area contributed by atoms with Crippen LogP contribution in [0.4, 0.5) is 10.3 Å². The number of nitrogens with zero attached hydrogens (tertiary/aromatic N) is 1.